The lowest BCUT2D eigenvalue weighted by atomic mass is 9.86. The third-order valence-corrected chi connectivity index (χ3v) is 5.15. The van der Waals surface area contributed by atoms with Crippen LogP contribution < -0.4 is 5.06 Å². The van der Waals surface area contributed by atoms with E-state index in [1.165, 1.54) is 11.1 Å². The average Bonchev–Trinajstić information content (AvgIpc) is 2.97. The molecule has 0 fully saturated rings. The monoisotopic (exact) mass is 322 g/mol. The number of fused-ring (bicyclic) bond motifs is 3. The second-order valence-electron chi connectivity index (χ2n) is 6.36. The first-order valence-corrected chi connectivity index (χ1v) is 8.36. The molecule has 1 N–H and O–H groups in total. The van der Waals surface area contributed by atoms with Crippen molar-refractivity contribution in [2.45, 2.75) is 26.3 Å². The first-order valence-electron chi connectivity index (χ1n) is 8.36. The summed E-state index contributed by atoms with van der Waals surface area (Å²) in [6.07, 6.45) is 1.35. The zero-order valence-corrected chi connectivity index (χ0v) is 13.7. The van der Waals surface area contributed by atoms with Gasteiger partial charge in [-0.25, -0.2) is 5.06 Å². The molecule has 0 aliphatic carbocycles. The molecule has 5 nitrogen and oxygen atoms in total. The highest BCUT2D eigenvalue weighted by Gasteiger charge is 2.31. The lowest BCUT2D eigenvalue weighted by Gasteiger charge is -2.31. The van der Waals surface area contributed by atoms with Crippen LogP contribution in [0.5, 0.6) is 0 Å². The van der Waals surface area contributed by atoms with Crippen LogP contribution in [0, 0.1) is 5.21 Å². The third-order valence-electron chi connectivity index (χ3n) is 5.15. The van der Waals surface area contributed by atoms with Crippen LogP contribution in [0.25, 0.3) is 11.1 Å². The van der Waals surface area contributed by atoms with Crippen LogP contribution in [-0.2, 0) is 19.4 Å². The molecule has 0 amide bonds. The number of hydrogen-bond acceptors (Lipinski definition) is 4. The fourth-order valence-corrected chi connectivity index (χ4v) is 3.84. The van der Waals surface area contributed by atoms with E-state index >= 15 is 0 Å². The van der Waals surface area contributed by atoms with Gasteiger partial charge in [0.25, 0.3) is 0 Å². The maximum Gasteiger partial charge on any atom is 0.129 e. The lowest BCUT2D eigenvalue weighted by Crippen LogP contribution is -2.31. The summed E-state index contributed by atoms with van der Waals surface area (Å²) in [5.41, 5.74) is 6.61. The highest BCUT2D eigenvalue weighted by molar-refractivity contribution is 6.04. The Hall–Kier alpha value is -2.37. The highest BCUT2D eigenvalue weighted by atomic mass is 16.5. The van der Waals surface area contributed by atoms with Crippen molar-refractivity contribution in [2.24, 2.45) is 5.16 Å². The topological polar surface area (TPSA) is 62.1 Å². The van der Waals surface area contributed by atoms with E-state index in [1.807, 2.05) is 24.3 Å². The summed E-state index contributed by atoms with van der Waals surface area (Å²) >= 11 is 0. The predicted octanol–water partition coefficient (Wildman–Crippen LogP) is 3.38. The second-order valence-corrected chi connectivity index (χ2v) is 6.36. The third kappa shape index (κ3) is 2.28. The SMILES string of the molecule is CCN1CCc2c(c(-c3ccccc3)cc3c2CC(=N[O-])N3O)C1. The number of amidine groups is 1. The summed E-state index contributed by atoms with van der Waals surface area (Å²) in [6.45, 7) is 5.10. The van der Waals surface area contributed by atoms with Crippen molar-refractivity contribution in [1.29, 1.82) is 0 Å². The van der Waals surface area contributed by atoms with Gasteiger partial charge in [0, 0.05) is 19.5 Å². The van der Waals surface area contributed by atoms with E-state index in [-0.39, 0.29) is 5.84 Å². The van der Waals surface area contributed by atoms with Crippen molar-refractivity contribution in [2.75, 3.05) is 18.2 Å². The molecule has 0 aromatic heterocycles. The van der Waals surface area contributed by atoms with Crippen LogP contribution in [0.1, 0.15) is 23.6 Å². The lowest BCUT2D eigenvalue weighted by molar-refractivity contribution is 0.268. The molecule has 2 heterocycles. The first-order chi connectivity index (χ1) is 11.7. The smallest absolute Gasteiger partial charge is 0.129 e. The Morgan fingerprint density at radius 1 is 1.17 bits per heavy atom. The zero-order valence-electron chi connectivity index (χ0n) is 13.7. The molecular weight excluding hydrogens is 302 g/mol. The molecule has 0 saturated heterocycles. The number of likely N-dealkylation sites (N-methyl/N-ethyl adjacent to an activating group) is 1. The van der Waals surface area contributed by atoms with E-state index < -0.39 is 0 Å². The molecule has 124 valence electrons. The Balaban J connectivity index is 1.93. The predicted molar refractivity (Wildman–Crippen MR) is 95.3 cm³/mol. The number of rotatable bonds is 2. The van der Waals surface area contributed by atoms with E-state index in [4.69, 9.17) is 0 Å². The maximum absolute atomic E-state index is 11.0. The van der Waals surface area contributed by atoms with Crippen molar-refractivity contribution in [3.8, 4) is 11.1 Å². The number of hydrogen-bond donors (Lipinski definition) is 1. The van der Waals surface area contributed by atoms with Gasteiger partial charge >= 0.3 is 0 Å². The standard InChI is InChI=1S/C19H21N3O2/c1-2-21-9-8-14-16-11-19(20-23)22(24)18(16)10-15(17(14)12-21)13-6-4-3-5-7-13/h3-7,10,23-24H,2,8-9,11-12H2,1H3/p-1. The van der Waals surface area contributed by atoms with Gasteiger partial charge in [0.1, 0.15) is 5.84 Å². The second kappa shape index (κ2) is 5.92. The van der Waals surface area contributed by atoms with Crippen molar-refractivity contribution in [1.82, 2.24) is 4.90 Å². The highest BCUT2D eigenvalue weighted by Crippen LogP contribution is 2.41. The fourth-order valence-electron chi connectivity index (χ4n) is 3.84. The summed E-state index contributed by atoms with van der Waals surface area (Å²) in [5, 5.41) is 25.3. The van der Waals surface area contributed by atoms with Gasteiger partial charge in [-0.2, -0.15) is 0 Å². The zero-order chi connectivity index (χ0) is 16.7. The van der Waals surface area contributed by atoms with Crippen molar-refractivity contribution >= 4 is 11.5 Å². The molecule has 24 heavy (non-hydrogen) atoms. The molecule has 2 aromatic carbocycles. The van der Waals surface area contributed by atoms with Crippen molar-refractivity contribution < 1.29 is 5.21 Å². The summed E-state index contributed by atoms with van der Waals surface area (Å²) < 4.78 is 0. The largest absolute Gasteiger partial charge is 0.791 e. The van der Waals surface area contributed by atoms with E-state index in [2.05, 4.69) is 29.1 Å². The first kappa shape index (κ1) is 15.2. The Morgan fingerprint density at radius 2 is 1.96 bits per heavy atom. The van der Waals surface area contributed by atoms with Gasteiger partial charge in [-0.05, 0) is 46.8 Å². The summed E-state index contributed by atoms with van der Waals surface area (Å²) in [4.78, 5) is 2.43. The molecule has 4 rings (SSSR count). The van der Waals surface area contributed by atoms with Crippen LogP contribution in [0.4, 0.5) is 5.69 Å². The molecular formula is C19H20N3O2-. The number of hydroxylamine groups is 1. The van der Waals surface area contributed by atoms with Gasteiger partial charge in [-0.3, -0.25) is 10.1 Å². The minimum atomic E-state index is 0.176. The van der Waals surface area contributed by atoms with Crippen molar-refractivity contribution in [3.05, 3.63) is 58.3 Å². The van der Waals surface area contributed by atoms with E-state index in [9.17, 15) is 10.4 Å². The Kier molecular flexibility index (Phi) is 3.75. The molecule has 2 aliphatic rings. The molecule has 0 unspecified atom stereocenters. The van der Waals surface area contributed by atoms with Gasteiger partial charge in [0.05, 0.1) is 5.69 Å². The minimum absolute atomic E-state index is 0.176. The van der Waals surface area contributed by atoms with Crippen LogP contribution >= 0.6 is 0 Å². The van der Waals surface area contributed by atoms with E-state index in [0.717, 1.165) is 47.8 Å². The minimum Gasteiger partial charge on any atom is -0.791 e. The van der Waals surface area contributed by atoms with Crippen LogP contribution in [0.3, 0.4) is 0 Å². The Morgan fingerprint density at radius 3 is 2.67 bits per heavy atom. The molecule has 0 radical (unpaired) electrons. The van der Waals surface area contributed by atoms with E-state index in [0.29, 0.717) is 12.1 Å². The summed E-state index contributed by atoms with van der Waals surface area (Å²) in [7, 11) is 0. The van der Waals surface area contributed by atoms with Crippen LogP contribution in [-0.4, -0.2) is 29.0 Å². The molecule has 0 spiro atoms. The molecule has 2 aliphatic heterocycles. The summed E-state index contributed by atoms with van der Waals surface area (Å²) in [5.74, 6) is 0.176. The molecule has 2 aromatic rings. The maximum atomic E-state index is 11.0. The Labute approximate surface area is 141 Å². The van der Waals surface area contributed by atoms with Gasteiger partial charge in [0.2, 0.25) is 0 Å². The molecule has 0 atom stereocenters. The summed E-state index contributed by atoms with van der Waals surface area (Å²) in [6, 6.07) is 12.2. The molecule has 0 bridgehead atoms. The Bertz CT molecular complexity index is 802. The quantitative estimate of drug-likeness (QED) is 0.861. The average molecular weight is 322 g/mol. The van der Waals surface area contributed by atoms with Crippen LogP contribution in [0.15, 0.2) is 41.6 Å². The molecule has 5 heteroatoms. The normalized spacial score (nSPS) is 18.8. The van der Waals surface area contributed by atoms with Gasteiger partial charge in [-0.15, -0.1) is 0 Å². The number of nitrogens with zero attached hydrogens (tertiary/aromatic N) is 3. The number of anilines is 1. The van der Waals surface area contributed by atoms with Crippen molar-refractivity contribution in [3.63, 3.8) is 0 Å². The van der Waals surface area contributed by atoms with Gasteiger partial charge in [0.15, 0.2) is 0 Å². The van der Waals surface area contributed by atoms with Gasteiger partial charge in [-0.1, -0.05) is 37.3 Å². The van der Waals surface area contributed by atoms with Gasteiger partial charge < -0.3 is 10.4 Å². The number of benzene rings is 2. The molecule has 0 saturated carbocycles. The van der Waals surface area contributed by atoms with E-state index in [1.54, 1.807) is 0 Å². The van der Waals surface area contributed by atoms with Crippen LogP contribution in [0.2, 0.25) is 0 Å². The fraction of sp³-hybridized carbons (Fsp3) is 0.316.